The van der Waals surface area contributed by atoms with Crippen LogP contribution in [0, 0.1) is 40.4 Å². The highest BCUT2D eigenvalue weighted by molar-refractivity contribution is 5.53. The SMILES string of the molecule is C[C@H](C=O)[C@H]1CC[C@H]2[C@@H]3CC=C4C[C@@](C)(O)CC[C@]4(C)[C@H]3CC[C@]12C. The van der Waals surface area contributed by atoms with E-state index >= 15 is 0 Å². The molecular weight excluding hydrogens is 308 g/mol. The van der Waals surface area contributed by atoms with Crippen LogP contribution in [-0.2, 0) is 4.79 Å². The highest BCUT2D eigenvalue weighted by atomic mass is 16.3. The Balaban J connectivity index is 1.64. The van der Waals surface area contributed by atoms with E-state index in [0.717, 1.165) is 37.0 Å². The molecule has 2 nitrogen and oxygen atoms in total. The van der Waals surface area contributed by atoms with Crippen molar-refractivity contribution in [3.05, 3.63) is 11.6 Å². The summed E-state index contributed by atoms with van der Waals surface area (Å²) in [5.74, 6) is 3.16. The van der Waals surface area contributed by atoms with Gasteiger partial charge in [-0.2, -0.15) is 0 Å². The molecule has 4 aliphatic carbocycles. The molecule has 0 aromatic carbocycles. The minimum atomic E-state index is -0.501. The van der Waals surface area contributed by atoms with Crippen molar-refractivity contribution in [1.29, 1.82) is 0 Å². The summed E-state index contributed by atoms with van der Waals surface area (Å²) >= 11 is 0. The Morgan fingerprint density at radius 2 is 1.88 bits per heavy atom. The molecule has 3 fully saturated rings. The van der Waals surface area contributed by atoms with Crippen molar-refractivity contribution in [2.45, 2.75) is 84.7 Å². The van der Waals surface area contributed by atoms with Crippen LogP contribution in [0.25, 0.3) is 0 Å². The highest BCUT2D eigenvalue weighted by Crippen LogP contribution is 2.67. The summed E-state index contributed by atoms with van der Waals surface area (Å²) in [7, 11) is 0. The summed E-state index contributed by atoms with van der Waals surface area (Å²) in [4.78, 5) is 11.5. The third kappa shape index (κ3) is 2.50. The van der Waals surface area contributed by atoms with Crippen LogP contribution in [-0.4, -0.2) is 17.0 Å². The normalized spacial score (nSPS) is 53.2. The second kappa shape index (κ2) is 5.68. The van der Waals surface area contributed by atoms with Gasteiger partial charge < -0.3 is 9.90 Å². The number of carbonyl (C=O) groups is 1. The lowest BCUT2D eigenvalue weighted by atomic mass is 9.46. The van der Waals surface area contributed by atoms with Gasteiger partial charge in [0.15, 0.2) is 0 Å². The third-order valence-electron chi connectivity index (χ3n) is 9.30. The molecule has 1 N–H and O–H groups in total. The molecule has 0 aromatic rings. The molecule has 8 atom stereocenters. The zero-order valence-electron chi connectivity index (χ0n) is 16.6. The van der Waals surface area contributed by atoms with E-state index in [1.165, 1.54) is 38.4 Å². The van der Waals surface area contributed by atoms with Gasteiger partial charge in [0.1, 0.15) is 6.29 Å². The van der Waals surface area contributed by atoms with Crippen LogP contribution in [0.2, 0.25) is 0 Å². The van der Waals surface area contributed by atoms with Gasteiger partial charge in [0.05, 0.1) is 5.60 Å². The Bertz CT molecular complexity index is 591. The summed E-state index contributed by atoms with van der Waals surface area (Å²) in [6.45, 7) is 9.15. The lowest BCUT2D eigenvalue weighted by Gasteiger charge is -2.59. The number of aldehydes is 1. The molecule has 4 rings (SSSR count). The van der Waals surface area contributed by atoms with Gasteiger partial charge in [0.25, 0.3) is 0 Å². The number of hydrogen-bond donors (Lipinski definition) is 1. The number of fused-ring (bicyclic) bond motifs is 5. The standard InChI is InChI=1S/C23H36O2/c1-15(14-24)18-7-8-19-17-6-5-16-13-21(2,25)11-12-22(16,3)20(17)9-10-23(18,19)4/h5,14-15,17-20,25H,6-13H2,1-4H3/t15-,17+,18-,19+,20+,21+,22+,23-/m1/s1. The number of hydrogen-bond acceptors (Lipinski definition) is 2. The Kier molecular flexibility index (Phi) is 4.04. The maximum absolute atomic E-state index is 11.5. The average molecular weight is 345 g/mol. The van der Waals surface area contributed by atoms with Gasteiger partial charge in [-0.15, -0.1) is 0 Å². The van der Waals surface area contributed by atoms with Crippen LogP contribution in [0.1, 0.15) is 79.1 Å². The fraction of sp³-hybridized carbons (Fsp3) is 0.870. The second-order valence-electron chi connectivity index (χ2n) is 10.7. The van der Waals surface area contributed by atoms with E-state index in [9.17, 15) is 9.90 Å². The molecule has 4 aliphatic rings. The van der Waals surface area contributed by atoms with Crippen molar-refractivity contribution in [3.8, 4) is 0 Å². The molecule has 0 saturated heterocycles. The maximum Gasteiger partial charge on any atom is 0.123 e. The quantitative estimate of drug-likeness (QED) is 0.555. The van der Waals surface area contributed by atoms with Crippen molar-refractivity contribution in [3.63, 3.8) is 0 Å². The van der Waals surface area contributed by atoms with Crippen molar-refractivity contribution in [2.24, 2.45) is 40.4 Å². The first-order valence-electron chi connectivity index (χ1n) is 10.6. The van der Waals surface area contributed by atoms with E-state index in [0.29, 0.717) is 16.7 Å². The van der Waals surface area contributed by atoms with Gasteiger partial charge in [-0.25, -0.2) is 0 Å². The molecule has 2 heteroatoms. The van der Waals surface area contributed by atoms with Crippen LogP contribution < -0.4 is 0 Å². The first-order chi connectivity index (χ1) is 11.7. The van der Waals surface area contributed by atoms with Gasteiger partial charge in [-0.05, 0) is 92.8 Å². The molecule has 0 aromatic heterocycles. The fourth-order valence-electron chi connectivity index (χ4n) is 7.80. The van der Waals surface area contributed by atoms with E-state index < -0.39 is 5.60 Å². The molecule has 0 unspecified atom stereocenters. The molecule has 3 saturated carbocycles. The van der Waals surface area contributed by atoms with Crippen LogP contribution in [0.5, 0.6) is 0 Å². The smallest absolute Gasteiger partial charge is 0.123 e. The summed E-state index contributed by atoms with van der Waals surface area (Å²) in [6, 6.07) is 0. The van der Waals surface area contributed by atoms with Crippen LogP contribution >= 0.6 is 0 Å². The number of aliphatic hydroxyl groups is 1. The van der Waals surface area contributed by atoms with E-state index in [1.54, 1.807) is 5.57 Å². The van der Waals surface area contributed by atoms with Gasteiger partial charge in [0, 0.05) is 5.92 Å². The molecule has 0 bridgehead atoms. The number of rotatable bonds is 2. The minimum Gasteiger partial charge on any atom is -0.390 e. The maximum atomic E-state index is 11.5. The zero-order valence-corrected chi connectivity index (χ0v) is 16.6. The largest absolute Gasteiger partial charge is 0.390 e. The van der Waals surface area contributed by atoms with E-state index in [2.05, 4.69) is 26.8 Å². The Morgan fingerprint density at radius 3 is 2.60 bits per heavy atom. The van der Waals surface area contributed by atoms with Crippen molar-refractivity contribution < 1.29 is 9.90 Å². The molecule has 0 spiro atoms. The Labute approximate surface area is 153 Å². The van der Waals surface area contributed by atoms with E-state index in [-0.39, 0.29) is 5.92 Å². The summed E-state index contributed by atoms with van der Waals surface area (Å²) in [5.41, 5.74) is 1.72. The van der Waals surface area contributed by atoms with Gasteiger partial charge >= 0.3 is 0 Å². The lowest BCUT2D eigenvalue weighted by molar-refractivity contribution is -0.115. The summed E-state index contributed by atoms with van der Waals surface area (Å²) < 4.78 is 0. The van der Waals surface area contributed by atoms with Crippen LogP contribution in [0.15, 0.2) is 11.6 Å². The van der Waals surface area contributed by atoms with Crippen molar-refractivity contribution in [1.82, 2.24) is 0 Å². The van der Waals surface area contributed by atoms with Gasteiger partial charge in [0.2, 0.25) is 0 Å². The Morgan fingerprint density at radius 1 is 1.12 bits per heavy atom. The number of carbonyl (C=O) groups excluding carboxylic acids is 1. The summed E-state index contributed by atoms with van der Waals surface area (Å²) in [6.07, 6.45) is 13.0. The Hall–Kier alpha value is -0.630. The predicted octanol–water partition coefficient (Wildman–Crippen LogP) is 5.15. The topological polar surface area (TPSA) is 37.3 Å². The first kappa shape index (κ1) is 17.8. The van der Waals surface area contributed by atoms with Crippen molar-refractivity contribution >= 4 is 6.29 Å². The van der Waals surface area contributed by atoms with Crippen LogP contribution in [0.3, 0.4) is 0 Å². The van der Waals surface area contributed by atoms with Crippen molar-refractivity contribution in [2.75, 3.05) is 0 Å². The van der Waals surface area contributed by atoms with E-state index in [4.69, 9.17) is 0 Å². The lowest BCUT2D eigenvalue weighted by Crippen LogP contribution is -2.52. The summed E-state index contributed by atoms with van der Waals surface area (Å²) in [5, 5.41) is 10.6. The predicted molar refractivity (Wildman–Crippen MR) is 101 cm³/mol. The average Bonchev–Trinajstić information content (AvgIpc) is 2.92. The third-order valence-corrected chi connectivity index (χ3v) is 9.30. The second-order valence-corrected chi connectivity index (χ2v) is 10.7. The van der Waals surface area contributed by atoms with Crippen LogP contribution in [0.4, 0.5) is 0 Å². The first-order valence-corrected chi connectivity index (χ1v) is 10.6. The van der Waals surface area contributed by atoms with Gasteiger partial charge in [-0.1, -0.05) is 32.4 Å². The molecule has 0 amide bonds. The molecular formula is C23H36O2. The highest BCUT2D eigenvalue weighted by Gasteiger charge is 2.59. The van der Waals surface area contributed by atoms with E-state index in [1.807, 2.05) is 6.92 Å². The monoisotopic (exact) mass is 344 g/mol. The molecule has 0 radical (unpaired) electrons. The zero-order chi connectivity index (χ0) is 18.0. The molecule has 25 heavy (non-hydrogen) atoms. The molecule has 140 valence electrons. The fourth-order valence-corrected chi connectivity index (χ4v) is 7.80. The molecule has 0 aliphatic heterocycles. The van der Waals surface area contributed by atoms with Gasteiger partial charge in [-0.3, -0.25) is 0 Å². The molecule has 0 heterocycles. The minimum absolute atomic E-state index is 0.210. The number of allylic oxidation sites excluding steroid dienone is 1.